The highest BCUT2D eigenvalue weighted by atomic mass is 35.5. The number of halogens is 2. The lowest BCUT2D eigenvalue weighted by molar-refractivity contribution is -0.132. The molecule has 2 aromatic heterocycles. The van der Waals surface area contributed by atoms with Crippen molar-refractivity contribution in [2.75, 3.05) is 31.1 Å². The molecule has 6 nitrogen and oxygen atoms in total. The van der Waals surface area contributed by atoms with E-state index in [1.807, 2.05) is 10.3 Å². The van der Waals surface area contributed by atoms with Gasteiger partial charge in [0.25, 0.3) is 0 Å². The number of carbonyl (C=O) groups excluding carboxylic acids is 1. The van der Waals surface area contributed by atoms with Crippen molar-refractivity contribution >= 4 is 58.1 Å². The molecule has 0 bridgehead atoms. The Balaban J connectivity index is 0.00000121. The number of fused-ring (bicyclic) bond motifs is 1. The Kier molecular flexibility index (Phi) is 6.80. The average molecular weight is 364 g/mol. The maximum absolute atomic E-state index is 11.9. The van der Waals surface area contributed by atoms with Gasteiger partial charge < -0.3 is 15.5 Å². The molecule has 0 spiro atoms. The van der Waals surface area contributed by atoms with Crippen molar-refractivity contribution in [1.82, 2.24) is 14.9 Å². The molecule has 1 aliphatic heterocycles. The SMILES string of the molecule is C[C@@H](N)C(=O)N1CCN(c2ncnc3sccc23)CC1.Cl.Cl. The molecule has 1 saturated heterocycles. The van der Waals surface area contributed by atoms with Crippen molar-refractivity contribution in [1.29, 1.82) is 0 Å². The smallest absolute Gasteiger partial charge is 0.239 e. The molecular formula is C13H19Cl2N5OS. The van der Waals surface area contributed by atoms with E-state index in [0.29, 0.717) is 13.1 Å². The van der Waals surface area contributed by atoms with Crippen LogP contribution in [-0.2, 0) is 4.79 Å². The first-order valence-corrected chi connectivity index (χ1v) is 7.52. The summed E-state index contributed by atoms with van der Waals surface area (Å²) >= 11 is 1.62. The number of aromatic nitrogens is 2. The predicted octanol–water partition coefficient (Wildman–Crippen LogP) is 1.53. The molecule has 3 rings (SSSR count). The molecular weight excluding hydrogens is 345 g/mol. The third-order valence-corrected chi connectivity index (χ3v) is 4.34. The summed E-state index contributed by atoms with van der Waals surface area (Å²) < 4.78 is 0. The van der Waals surface area contributed by atoms with Gasteiger partial charge in [-0.25, -0.2) is 9.97 Å². The molecule has 3 heterocycles. The highest BCUT2D eigenvalue weighted by Crippen LogP contribution is 2.27. The first-order valence-electron chi connectivity index (χ1n) is 6.64. The van der Waals surface area contributed by atoms with Gasteiger partial charge in [0.05, 0.1) is 11.4 Å². The van der Waals surface area contributed by atoms with Crippen molar-refractivity contribution < 1.29 is 4.79 Å². The molecule has 2 N–H and O–H groups in total. The number of anilines is 1. The van der Waals surface area contributed by atoms with E-state index in [1.54, 1.807) is 24.6 Å². The van der Waals surface area contributed by atoms with Gasteiger partial charge in [0.1, 0.15) is 17.0 Å². The fourth-order valence-corrected chi connectivity index (χ4v) is 3.18. The minimum atomic E-state index is -0.427. The summed E-state index contributed by atoms with van der Waals surface area (Å²) in [7, 11) is 0. The van der Waals surface area contributed by atoms with Crippen LogP contribution in [0.1, 0.15) is 6.92 Å². The van der Waals surface area contributed by atoms with Gasteiger partial charge in [0.2, 0.25) is 5.91 Å². The first kappa shape index (κ1) is 18.9. The van der Waals surface area contributed by atoms with E-state index in [-0.39, 0.29) is 30.7 Å². The van der Waals surface area contributed by atoms with E-state index in [0.717, 1.165) is 29.1 Å². The Morgan fingerprint density at radius 3 is 2.59 bits per heavy atom. The number of hydrogen-bond acceptors (Lipinski definition) is 6. The summed E-state index contributed by atoms with van der Waals surface area (Å²) in [6.45, 7) is 4.67. The molecule has 22 heavy (non-hydrogen) atoms. The number of hydrogen-bond donors (Lipinski definition) is 1. The number of thiophene rings is 1. The molecule has 0 saturated carbocycles. The zero-order valence-electron chi connectivity index (χ0n) is 12.1. The fourth-order valence-electron chi connectivity index (χ4n) is 2.46. The van der Waals surface area contributed by atoms with E-state index in [2.05, 4.69) is 20.9 Å². The summed E-state index contributed by atoms with van der Waals surface area (Å²) in [5.74, 6) is 0.983. The lowest BCUT2D eigenvalue weighted by Crippen LogP contribution is -2.52. The molecule has 1 aliphatic rings. The Hall–Kier alpha value is -1.15. The number of nitrogens with two attached hydrogens (primary N) is 1. The zero-order valence-corrected chi connectivity index (χ0v) is 14.6. The molecule has 0 aromatic carbocycles. The van der Waals surface area contributed by atoms with Gasteiger partial charge in [-0.15, -0.1) is 36.2 Å². The molecule has 1 atom stereocenters. The third kappa shape index (κ3) is 3.60. The zero-order chi connectivity index (χ0) is 14.1. The van der Waals surface area contributed by atoms with Gasteiger partial charge in [-0.3, -0.25) is 4.79 Å². The summed E-state index contributed by atoms with van der Waals surface area (Å²) in [5.41, 5.74) is 5.65. The quantitative estimate of drug-likeness (QED) is 0.875. The van der Waals surface area contributed by atoms with Crippen LogP contribution in [0, 0.1) is 0 Å². The van der Waals surface area contributed by atoms with Crippen molar-refractivity contribution in [2.45, 2.75) is 13.0 Å². The Bertz CT molecular complexity index is 628. The largest absolute Gasteiger partial charge is 0.352 e. The highest BCUT2D eigenvalue weighted by Gasteiger charge is 2.24. The Labute approximate surface area is 145 Å². The predicted molar refractivity (Wildman–Crippen MR) is 94.4 cm³/mol. The molecule has 1 amide bonds. The third-order valence-electron chi connectivity index (χ3n) is 3.52. The summed E-state index contributed by atoms with van der Waals surface area (Å²) in [6, 6.07) is 1.62. The van der Waals surface area contributed by atoms with Crippen LogP contribution in [0.3, 0.4) is 0 Å². The van der Waals surface area contributed by atoms with Crippen LogP contribution in [0.4, 0.5) is 5.82 Å². The van der Waals surface area contributed by atoms with Crippen molar-refractivity contribution in [3.8, 4) is 0 Å². The summed E-state index contributed by atoms with van der Waals surface area (Å²) in [4.78, 5) is 25.6. The van der Waals surface area contributed by atoms with Crippen molar-refractivity contribution in [3.63, 3.8) is 0 Å². The summed E-state index contributed by atoms with van der Waals surface area (Å²) in [6.07, 6.45) is 1.60. The first-order chi connectivity index (χ1) is 9.66. The van der Waals surface area contributed by atoms with Crippen LogP contribution >= 0.6 is 36.2 Å². The highest BCUT2D eigenvalue weighted by molar-refractivity contribution is 7.16. The van der Waals surface area contributed by atoms with Crippen LogP contribution in [-0.4, -0.2) is 53.0 Å². The van der Waals surface area contributed by atoms with Gasteiger partial charge in [0.15, 0.2) is 0 Å². The summed E-state index contributed by atoms with van der Waals surface area (Å²) in [5, 5.41) is 3.11. The monoisotopic (exact) mass is 363 g/mol. The molecule has 1 fully saturated rings. The topological polar surface area (TPSA) is 75.4 Å². The van der Waals surface area contributed by atoms with Crippen LogP contribution < -0.4 is 10.6 Å². The second-order valence-corrected chi connectivity index (χ2v) is 5.83. The lowest BCUT2D eigenvalue weighted by Gasteiger charge is -2.36. The van der Waals surface area contributed by atoms with E-state index in [9.17, 15) is 4.79 Å². The Morgan fingerprint density at radius 2 is 1.95 bits per heavy atom. The maximum Gasteiger partial charge on any atom is 0.239 e. The van der Waals surface area contributed by atoms with Gasteiger partial charge in [-0.05, 0) is 18.4 Å². The van der Waals surface area contributed by atoms with E-state index in [1.165, 1.54) is 0 Å². The second-order valence-electron chi connectivity index (χ2n) is 4.94. The normalized spacial score (nSPS) is 15.9. The molecule has 9 heteroatoms. The van der Waals surface area contributed by atoms with Crippen molar-refractivity contribution in [2.24, 2.45) is 5.73 Å². The average Bonchev–Trinajstić information content (AvgIpc) is 2.95. The van der Waals surface area contributed by atoms with Crippen LogP contribution in [0.25, 0.3) is 10.2 Å². The van der Waals surface area contributed by atoms with Gasteiger partial charge in [-0.1, -0.05) is 0 Å². The van der Waals surface area contributed by atoms with E-state index >= 15 is 0 Å². The van der Waals surface area contributed by atoms with E-state index in [4.69, 9.17) is 5.73 Å². The number of nitrogens with zero attached hydrogens (tertiary/aromatic N) is 4. The molecule has 0 radical (unpaired) electrons. The number of amides is 1. The van der Waals surface area contributed by atoms with Crippen molar-refractivity contribution in [3.05, 3.63) is 17.8 Å². The van der Waals surface area contributed by atoms with E-state index < -0.39 is 6.04 Å². The molecule has 0 aliphatic carbocycles. The van der Waals surface area contributed by atoms with Crippen LogP contribution in [0.5, 0.6) is 0 Å². The minimum Gasteiger partial charge on any atom is -0.352 e. The van der Waals surface area contributed by atoms with Gasteiger partial charge in [-0.2, -0.15) is 0 Å². The van der Waals surface area contributed by atoms with Crippen LogP contribution in [0.15, 0.2) is 17.8 Å². The second kappa shape index (κ2) is 7.92. The molecule has 2 aromatic rings. The lowest BCUT2D eigenvalue weighted by atomic mass is 10.2. The number of rotatable bonds is 2. The minimum absolute atomic E-state index is 0. The molecule has 0 unspecified atom stereocenters. The molecule has 122 valence electrons. The number of carbonyl (C=O) groups is 1. The maximum atomic E-state index is 11.9. The standard InChI is InChI=1S/C13H17N5OS.2ClH/c1-9(14)13(19)18-5-3-17(4-6-18)11-10-2-7-20-12(10)16-8-15-11;;/h2,7-9H,3-6,14H2,1H3;2*1H/t9-;;/m1../s1. The van der Waals surface area contributed by atoms with Crippen LogP contribution in [0.2, 0.25) is 0 Å². The Morgan fingerprint density at radius 1 is 1.27 bits per heavy atom. The van der Waals surface area contributed by atoms with Gasteiger partial charge in [0, 0.05) is 26.2 Å². The number of piperazine rings is 1. The van der Waals surface area contributed by atoms with Gasteiger partial charge >= 0.3 is 0 Å². The fraction of sp³-hybridized carbons (Fsp3) is 0.462.